The number of hydrogen-bond acceptors (Lipinski definition) is 4. The van der Waals surface area contributed by atoms with Crippen molar-refractivity contribution in [2.45, 2.75) is 45.3 Å². The fraction of sp³-hybridized carbons (Fsp3) is 0.947. The summed E-state index contributed by atoms with van der Waals surface area (Å²) >= 11 is 2.11. The lowest BCUT2D eigenvalue weighted by molar-refractivity contribution is 0.0205. The SMILES string of the molecule is CCNC(=NCCCOCC1CCOCC1)N1CCSC(C(C)C)C1.I. The molecule has 1 atom stereocenters. The fourth-order valence-electron chi connectivity index (χ4n) is 3.21. The molecule has 2 aliphatic heterocycles. The first-order chi connectivity index (χ1) is 12.2. The number of nitrogens with zero attached hydrogens (tertiary/aromatic N) is 2. The van der Waals surface area contributed by atoms with Gasteiger partial charge in [-0.15, -0.1) is 24.0 Å². The summed E-state index contributed by atoms with van der Waals surface area (Å²) in [6, 6.07) is 0. The highest BCUT2D eigenvalue weighted by molar-refractivity contribution is 14.0. The minimum absolute atomic E-state index is 0. The molecule has 0 aromatic carbocycles. The van der Waals surface area contributed by atoms with Crippen LogP contribution in [-0.2, 0) is 9.47 Å². The zero-order chi connectivity index (χ0) is 17.9. The zero-order valence-corrected chi connectivity index (χ0v) is 19.9. The molecule has 1 unspecified atom stereocenters. The van der Waals surface area contributed by atoms with Gasteiger partial charge in [-0.1, -0.05) is 13.8 Å². The zero-order valence-electron chi connectivity index (χ0n) is 16.7. The second-order valence-electron chi connectivity index (χ2n) is 7.32. The largest absolute Gasteiger partial charge is 0.381 e. The molecule has 2 heterocycles. The van der Waals surface area contributed by atoms with Crippen molar-refractivity contribution >= 4 is 41.7 Å². The topological polar surface area (TPSA) is 46.1 Å². The van der Waals surface area contributed by atoms with Crippen LogP contribution in [0.3, 0.4) is 0 Å². The van der Waals surface area contributed by atoms with Gasteiger partial charge in [0.05, 0.1) is 0 Å². The first-order valence-electron chi connectivity index (χ1n) is 10.0. The summed E-state index contributed by atoms with van der Waals surface area (Å²) < 4.78 is 11.2. The summed E-state index contributed by atoms with van der Waals surface area (Å²) in [5.41, 5.74) is 0. The summed E-state index contributed by atoms with van der Waals surface area (Å²) in [7, 11) is 0. The van der Waals surface area contributed by atoms with Crippen molar-refractivity contribution in [2.24, 2.45) is 16.8 Å². The van der Waals surface area contributed by atoms with Crippen LogP contribution in [0.2, 0.25) is 0 Å². The molecule has 0 saturated carbocycles. The third kappa shape index (κ3) is 8.97. The van der Waals surface area contributed by atoms with E-state index in [9.17, 15) is 0 Å². The van der Waals surface area contributed by atoms with Gasteiger partial charge in [0.2, 0.25) is 0 Å². The van der Waals surface area contributed by atoms with Crippen molar-refractivity contribution < 1.29 is 9.47 Å². The number of thioether (sulfide) groups is 1. The van der Waals surface area contributed by atoms with Gasteiger partial charge in [-0.3, -0.25) is 4.99 Å². The van der Waals surface area contributed by atoms with Crippen molar-refractivity contribution in [3.8, 4) is 0 Å². The van der Waals surface area contributed by atoms with Crippen molar-refractivity contribution in [3.63, 3.8) is 0 Å². The Labute approximate surface area is 181 Å². The van der Waals surface area contributed by atoms with Gasteiger partial charge < -0.3 is 19.7 Å². The molecule has 5 nitrogen and oxygen atoms in total. The number of nitrogens with one attached hydrogen (secondary N) is 1. The highest BCUT2D eigenvalue weighted by Gasteiger charge is 2.24. The number of aliphatic imine (C=N–C) groups is 1. The Hall–Kier alpha value is 0.270. The lowest BCUT2D eigenvalue weighted by Crippen LogP contribution is -2.49. The quantitative estimate of drug-likeness (QED) is 0.240. The van der Waals surface area contributed by atoms with Gasteiger partial charge in [0.25, 0.3) is 0 Å². The third-order valence-electron chi connectivity index (χ3n) is 4.87. The summed E-state index contributed by atoms with van der Waals surface area (Å²) in [6.07, 6.45) is 3.29. The number of rotatable bonds is 8. The summed E-state index contributed by atoms with van der Waals surface area (Å²) in [6.45, 7) is 14.2. The van der Waals surface area contributed by atoms with Gasteiger partial charge in [0.15, 0.2) is 5.96 Å². The highest BCUT2D eigenvalue weighted by atomic mass is 127. The summed E-state index contributed by atoms with van der Waals surface area (Å²) in [5.74, 6) is 3.68. The third-order valence-corrected chi connectivity index (χ3v) is 6.41. The smallest absolute Gasteiger partial charge is 0.193 e. The van der Waals surface area contributed by atoms with E-state index >= 15 is 0 Å². The Kier molecular flexibility index (Phi) is 13.4. The Bertz CT molecular complexity index is 393. The van der Waals surface area contributed by atoms with Gasteiger partial charge in [-0.05, 0) is 38.0 Å². The predicted octanol–water partition coefficient (Wildman–Crippen LogP) is 3.48. The number of halogens is 1. The minimum Gasteiger partial charge on any atom is -0.381 e. The van der Waals surface area contributed by atoms with E-state index in [1.54, 1.807) is 0 Å². The van der Waals surface area contributed by atoms with Crippen LogP contribution in [0, 0.1) is 11.8 Å². The second kappa shape index (κ2) is 14.3. The molecule has 154 valence electrons. The van der Waals surface area contributed by atoms with Gasteiger partial charge in [0.1, 0.15) is 0 Å². The number of ether oxygens (including phenoxy) is 2. The van der Waals surface area contributed by atoms with Crippen LogP contribution in [0.25, 0.3) is 0 Å². The molecule has 0 spiro atoms. The molecule has 2 fully saturated rings. The van der Waals surface area contributed by atoms with Gasteiger partial charge in [-0.2, -0.15) is 11.8 Å². The van der Waals surface area contributed by atoms with E-state index in [4.69, 9.17) is 14.5 Å². The van der Waals surface area contributed by atoms with Crippen LogP contribution in [0.4, 0.5) is 0 Å². The maximum atomic E-state index is 5.85. The van der Waals surface area contributed by atoms with E-state index in [0.717, 1.165) is 77.8 Å². The minimum atomic E-state index is 0. The lowest BCUT2D eigenvalue weighted by Gasteiger charge is -2.36. The Morgan fingerprint density at radius 1 is 1.35 bits per heavy atom. The van der Waals surface area contributed by atoms with Gasteiger partial charge in [0, 0.05) is 63.6 Å². The van der Waals surface area contributed by atoms with E-state index in [1.807, 2.05) is 0 Å². The Morgan fingerprint density at radius 2 is 2.12 bits per heavy atom. The molecule has 2 rings (SSSR count). The maximum Gasteiger partial charge on any atom is 0.193 e. The molecule has 0 radical (unpaired) electrons. The average Bonchev–Trinajstić information content (AvgIpc) is 2.64. The predicted molar refractivity (Wildman–Crippen MR) is 123 cm³/mol. The van der Waals surface area contributed by atoms with E-state index < -0.39 is 0 Å². The Balaban J connectivity index is 0.00000338. The molecule has 0 amide bonds. The number of guanidine groups is 1. The molecular weight excluding hydrogens is 461 g/mol. The van der Waals surface area contributed by atoms with Crippen molar-refractivity contribution in [2.75, 3.05) is 58.4 Å². The van der Waals surface area contributed by atoms with Crippen molar-refractivity contribution in [3.05, 3.63) is 0 Å². The summed E-state index contributed by atoms with van der Waals surface area (Å²) in [5, 5.41) is 4.18. The first kappa shape index (κ1) is 24.3. The molecule has 2 aliphatic rings. The van der Waals surface area contributed by atoms with Crippen molar-refractivity contribution in [1.82, 2.24) is 10.2 Å². The molecule has 0 aromatic heterocycles. The number of hydrogen-bond donors (Lipinski definition) is 1. The van der Waals surface area contributed by atoms with E-state index in [-0.39, 0.29) is 24.0 Å². The average molecular weight is 500 g/mol. The molecule has 7 heteroatoms. The monoisotopic (exact) mass is 499 g/mol. The summed E-state index contributed by atoms with van der Waals surface area (Å²) in [4.78, 5) is 7.28. The second-order valence-corrected chi connectivity index (χ2v) is 8.67. The Morgan fingerprint density at radius 3 is 2.81 bits per heavy atom. The molecule has 0 aromatic rings. The molecule has 1 N–H and O–H groups in total. The maximum absolute atomic E-state index is 5.85. The van der Waals surface area contributed by atoms with Gasteiger partial charge in [-0.25, -0.2) is 0 Å². The van der Waals surface area contributed by atoms with Gasteiger partial charge >= 0.3 is 0 Å². The van der Waals surface area contributed by atoms with E-state index in [0.29, 0.717) is 17.1 Å². The molecule has 0 bridgehead atoms. The fourth-order valence-corrected chi connectivity index (χ4v) is 4.51. The van der Waals surface area contributed by atoms with Crippen LogP contribution < -0.4 is 5.32 Å². The van der Waals surface area contributed by atoms with E-state index in [1.165, 1.54) is 5.75 Å². The van der Waals surface area contributed by atoms with E-state index in [2.05, 4.69) is 42.7 Å². The normalized spacial score (nSPS) is 22.4. The first-order valence-corrected chi connectivity index (χ1v) is 11.1. The lowest BCUT2D eigenvalue weighted by atomic mass is 10.0. The van der Waals surface area contributed by atoms with Crippen LogP contribution in [0.1, 0.15) is 40.0 Å². The molecular formula is C19H38IN3O2S. The highest BCUT2D eigenvalue weighted by Crippen LogP contribution is 2.24. The van der Waals surface area contributed by atoms with Crippen LogP contribution >= 0.6 is 35.7 Å². The van der Waals surface area contributed by atoms with Crippen LogP contribution in [0.5, 0.6) is 0 Å². The van der Waals surface area contributed by atoms with Crippen LogP contribution in [-0.4, -0.2) is 74.5 Å². The van der Waals surface area contributed by atoms with Crippen molar-refractivity contribution in [1.29, 1.82) is 0 Å². The standard InChI is InChI=1S/C19H37N3O2S.HI/c1-4-20-19(22-9-13-25-18(14-22)16(2)3)21-8-5-10-24-15-17-6-11-23-12-7-17;/h16-18H,4-15H2,1-3H3,(H,20,21);1H. The molecule has 0 aliphatic carbocycles. The van der Waals surface area contributed by atoms with Crippen LogP contribution in [0.15, 0.2) is 4.99 Å². The molecule has 2 saturated heterocycles. The molecule has 26 heavy (non-hydrogen) atoms.